The van der Waals surface area contributed by atoms with Crippen LogP contribution >= 0.6 is 11.3 Å². The normalized spacial score (nSPS) is 15.0. The van der Waals surface area contributed by atoms with Crippen LogP contribution in [-0.2, 0) is 17.6 Å². The maximum Gasteiger partial charge on any atom is 0.341 e. The smallest absolute Gasteiger partial charge is 0.341 e. The van der Waals surface area contributed by atoms with Crippen LogP contribution in [0.15, 0.2) is 54.6 Å². The van der Waals surface area contributed by atoms with E-state index in [0.717, 1.165) is 59.0 Å². The van der Waals surface area contributed by atoms with Crippen molar-refractivity contribution in [3.8, 4) is 11.3 Å². The fourth-order valence-electron chi connectivity index (χ4n) is 5.05. The van der Waals surface area contributed by atoms with Crippen LogP contribution in [0, 0.1) is 12.8 Å². The van der Waals surface area contributed by atoms with E-state index in [9.17, 15) is 9.59 Å². The average molecular weight is 485 g/mol. The number of carbonyl (C=O) groups is 2. The highest BCUT2D eigenvalue weighted by Crippen LogP contribution is 2.41. The molecule has 0 aliphatic heterocycles. The number of nitrogens with one attached hydrogen (secondary N) is 1. The highest BCUT2D eigenvalue weighted by molar-refractivity contribution is 7.17. The fraction of sp³-hybridized carbons (Fsp3) is 0.276. The summed E-state index contributed by atoms with van der Waals surface area (Å²) < 4.78 is 5.12. The topological polar surface area (TPSA) is 68.3 Å². The molecule has 0 saturated heterocycles. The van der Waals surface area contributed by atoms with E-state index in [2.05, 4.69) is 12.2 Å². The molecule has 1 N–H and O–H groups in total. The number of benzene rings is 2. The minimum absolute atomic E-state index is 0.242. The van der Waals surface area contributed by atoms with Gasteiger partial charge >= 0.3 is 5.97 Å². The molecule has 1 aliphatic rings. The van der Waals surface area contributed by atoms with Crippen LogP contribution in [-0.4, -0.2) is 24.0 Å². The third-order valence-electron chi connectivity index (χ3n) is 6.97. The summed E-state index contributed by atoms with van der Waals surface area (Å²) in [4.78, 5) is 32.7. The third-order valence-corrected chi connectivity index (χ3v) is 8.14. The Hall–Kier alpha value is -3.51. The summed E-state index contributed by atoms with van der Waals surface area (Å²) in [6.45, 7) is 4.14. The number of thiophene rings is 1. The lowest BCUT2D eigenvalue weighted by Crippen LogP contribution is -2.18. The van der Waals surface area contributed by atoms with E-state index < -0.39 is 5.97 Å². The Bertz CT molecular complexity index is 1430. The standard InChI is InChI=1S/C29H28N2O3S/c1-4-18-14-15-21-23(16-18)35-28(25(21)29(33)34-3)31-27(32)24-17(2)26(19-10-6-5-7-11-19)30-22-13-9-8-12-20(22)24/h5-13,18H,4,14-16H2,1-3H3,(H,31,32). The lowest BCUT2D eigenvalue weighted by molar-refractivity contribution is 0.0601. The van der Waals surface area contributed by atoms with Crippen LogP contribution in [0.4, 0.5) is 5.00 Å². The lowest BCUT2D eigenvalue weighted by atomic mass is 9.85. The highest BCUT2D eigenvalue weighted by Gasteiger charge is 2.30. The highest BCUT2D eigenvalue weighted by atomic mass is 32.1. The average Bonchev–Trinajstić information content (AvgIpc) is 3.24. The number of fused-ring (bicyclic) bond motifs is 2. The Morgan fingerprint density at radius 1 is 1.09 bits per heavy atom. The van der Waals surface area contributed by atoms with Crippen LogP contribution in [0.25, 0.3) is 22.2 Å². The fourth-order valence-corrected chi connectivity index (χ4v) is 6.40. The summed E-state index contributed by atoms with van der Waals surface area (Å²) in [5.74, 6) is -0.0295. The maximum atomic E-state index is 13.8. The van der Waals surface area contributed by atoms with Crippen molar-refractivity contribution >= 4 is 39.1 Å². The van der Waals surface area contributed by atoms with Crippen molar-refractivity contribution < 1.29 is 14.3 Å². The molecule has 5 nitrogen and oxygen atoms in total. The number of carbonyl (C=O) groups excluding carboxylic acids is 2. The molecule has 178 valence electrons. The molecule has 5 rings (SSSR count). The predicted octanol–water partition coefficient (Wildman–Crippen LogP) is 6.83. The van der Waals surface area contributed by atoms with Crippen LogP contribution in [0.3, 0.4) is 0 Å². The summed E-state index contributed by atoms with van der Waals surface area (Å²) in [6.07, 6.45) is 3.93. The molecule has 35 heavy (non-hydrogen) atoms. The van der Waals surface area contributed by atoms with Gasteiger partial charge in [-0.15, -0.1) is 11.3 Å². The number of hydrogen-bond acceptors (Lipinski definition) is 5. The van der Waals surface area contributed by atoms with E-state index in [1.165, 1.54) is 23.3 Å². The second-order valence-electron chi connectivity index (χ2n) is 9.01. The molecule has 2 heterocycles. The Labute approximate surface area is 209 Å². The largest absolute Gasteiger partial charge is 0.465 e. The number of amides is 1. The van der Waals surface area contributed by atoms with Gasteiger partial charge in [0.05, 0.1) is 29.4 Å². The van der Waals surface area contributed by atoms with Crippen molar-refractivity contribution in [1.82, 2.24) is 4.98 Å². The van der Waals surface area contributed by atoms with Crippen molar-refractivity contribution in [1.29, 1.82) is 0 Å². The second-order valence-corrected chi connectivity index (χ2v) is 10.1. The maximum absolute atomic E-state index is 13.8. The van der Waals surface area contributed by atoms with Crippen LogP contribution in [0.2, 0.25) is 0 Å². The molecule has 0 fully saturated rings. The summed E-state index contributed by atoms with van der Waals surface area (Å²) in [6, 6.07) is 17.6. The molecule has 0 radical (unpaired) electrons. The minimum atomic E-state index is -0.394. The zero-order valence-electron chi connectivity index (χ0n) is 20.2. The van der Waals surface area contributed by atoms with Gasteiger partial charge in [0.1, 0.15) is 5.00 Å². The van der Waals surface area contributed by atoms with Crippen LogP contribution in [0.5, 0.6) is 0 Å². The van der Waals surface area contributed by atoms with Gasteiger partial charge in [0, 0.05) is 15.8 Å². The molecule has 1 aliphatic carbocycles. The number of para-hydroxylation sites is 1. The molecule has 1 atom stereocenters. The predicted molar refractivity (Wildman–Crippen MR) is 141 cm³/mol. The first-order valence-corrected chi connectivity index (χ1v) is 12.8. The molecule has 2 aromatic heterocycles. The Kier molecular flexibility index (Phi) is 6.39. The molecule has 0 spiro atoms. The van der Waals surface area contributed by atoms with Gasteiger partial charge in [-0.25, -0.2) is 9.78 Å². The van der Waals surface area contributed by atoms with Gasteiger partial charge in [0.25, 0.3) is 5.91 Å². The molecule has 4 aromatic rings. The summed E-state index contributed by atoms with van der Waals surface area (Å²) in [5, 5.41) is 4.46. The number of aromatic nitrogens is 1. The van der Waals surface area contributed by atoms with Gasteiger partial charge in [-0.05, 0) is 49.3 Å². The number of esters is 1. The molecule has 0 saturated carbocycles. The SMILES string of the molecule is CCC1CCc2c(sc(NC(=O)c3c(C)c(-c4ccccc4)nc4ccccc34)c2C(=O)OC)C1. The van der Waals surface area contributed by atoms with Crippen LogP contribution in [0.1, 0.15) is 56.5 Å². The Morgan fingerprint density at radius 3 is 2.57 bits per heavy atom. The number of nitrogens with zero attached hydrogens (tertiary/aromatic N) is 1. The van der Waals surface area contributed by atoms with Gasteiger partial charge in [-0.1, -0.05) is 61.9 Å². The molecule has 1 unspecified atom stereocenters. The summed E-state index contributed by atoms with van der Waals surface area (Å²) in [5.41, 5.74) is 5.41. The first-order chi connectivity index (χ1) is 17.0. The monoisotopic (exact) mass is 484 g/mol. The Balaban J connectivity index is 1.61. The van der Waals surface area contributed by atoms with E-state index in [1.807, 2.05) is 61.5 Å². The van der Waals surface area contributed by atoms with Gasteiger partial charge in [0.2, 0.25) is 0 Å². The number of methoxy groups -OCH3 is 1. The quantitative estimate of drug-likeness (QED) is 0.315. The molecule has 6 heteroatoms. The van der Waals surface area contributed by atoms with Gasteiger partial charge in [0.15, 0.2) is 0 Å². The van der Waals surface area contributed by atoms with Crippen molar-refractivity contribution in [2.45, 2.75) is 39.5 Å². The van der Waals surface area contributed by atoms with E-state index in [1.54, 1.807) is 0 Å². The van der Waals surface area contributed by atoms with Crippen molar-refractivity contribution in [3.63, 3.8) is 0 Å². The summed E-state index contributed by atoms with van der Waals surface area (Å²) >= 11 is 1.51. The van der Waals surface area contributed by atoms with Crippen molar-refractivity contribution in [3.05, 3.63) is 81.7 Å². The Morgan fingerprint density at radius 2 is 1.83 bits per heavy atom. The third kappa shape index (κ3) is 4.23. The molecule has 2 aromatic carbocycles. The van der Waals surface area contributed by atoms with E-state index in [4.69, 9.17) is 9.72 Å². The molecular formula is C29H28N2O3S. The van der Waals surface area contributed by atoms with Crippen LogP contribution < -0.4 is 5.32 Å². The molecule has 1 amide bonds. The van der Waals surface area contributed by atoms with Crippen molar-refractivity contribution in [2.75, 3.05) is 12.4 Å². The minimum Gasteiger partial charge on any atom is -0.465 e. The second kappa shape index (κ2) is 9.62. The van der Waals surface area contributed by atoms with E-state index in [-0.39, 0.29) is 5.91 Å². The van der Waals surface area contributed by atoms with Gasteiger partial charge in [-0.3, -0.25) is 4.79 Å². The zero-order chi connectivity index (χ0) is 24.5. The van der Waals surface area contributed by atoms with Gasteiger partial charge in [-0.2, -0.15) is 0 Å². The first-order valence-electron chi connectivity index (χ1n) is 12.0. The number of rotatable bonds is 5. The molecular weight excluding hydrogens is 456 g/mol. The summed E-state index contributed by atoms with van der Waals surface area (Å²) in [7, 11) is 1.39. The first kappa shape index (κ1) is 23.2. The molecule has 0 bridgehead atoms. The number of hydrogen-bond donors (Lipinski definition) is 1. The number of pyridine rings is 1. The zero-order valence-corrected chi connectivity index (χ0v) is 21.0. The van der Waals surface area contributed by atoms with Crippen molar-refractivity contribution in [2.24, 2.45) is 5.92 Å². The van der Waals surface area contributed by atoms with E-state index in [0.29, 0.717) is 22.0 Å². The van der Waals surface area contributed by atoms with E-state index >= 15 is 0 Å². The van der Waals surface area contributed by atoms with Gasteiger partial charge < -0.3 is 10.1 Å². The lowest BCUT2D eigenvalue weighted by Gasteiger charge is -2.20. The number of ether oxygens (including phenoxy) is 1. The number of anilines is 1.